The van der Waals surface area contributed by atoms with Gasteiger partial charge in [0.15, 0.2) is 0 Å². The third-order valence-electron chi connectivity index (χ3n) is 1.39. The molecule has 0 aromatic heterocycles. The second-order valence-corrected chi connectivity index (χ2v) is 4.14. The van der Waals surface area contributed by atoms with E-state index in [0.29, 0.717) is 0 Å². The molecule has 0 aliphatic heterocycles. The van der Waals surface area contributed by atoms with Gasteiger partial charge in [-0.05, 0) is 0 Å². The third-order valence-corrected chi connectivity index (χ3v) is 1.94. The van der Waals surface area contributed by atoms with Crippen LogP contribution >= 0.6 is 7.67 Å². The number of rotatable bonds is 2. The Kier molecular flexibility index (Phi) is 2.57. The molecule has 8 N–H and O–H groups in total. The molecule has 0 aliphatic rings. The average molecular weight is 219 g/mol. The Labute approximate surface area is 79.5 Å². The molecule has 1 aromatic carbocycles. The fourth-order valence-electron chi connectivity index (χ4n) is 0.908. The van der Waals surface area contributed by atoms with E-state index in [4.69, 9.17) is 16.1 Å². The van der Waals surface area contributed by atoms with E-state index in [1.807, 2.05) is 5.09 Å². The molecule has 0 bridgehead atoms. The SMILES string of the molecule is Nc1cc(O)c(NP(N)(=O)O)c(O)c1. The Morgan fingerprint density at radius 1 is 1.29 bits per heavy atom. The predicted molar refractivity (Wildman–Crippen MR) is 51.8 cm³/mol. The zero-order chi connectivity index (χ0) is 10.9. The van der Waals surface area contributed by atoms with Crippen LogP contribution in [0, 0.1) is 0 Å². The van der Waals surface area contributed by atoms with Gasteiger partial charge in [-0.3, -0.25) is 5.09 Å². The van der Waals surface area contributed by atoms with Crippen LogP contribution in [0.25, 0.3) is 0 Å². The highest BCUT2D eigenvalue weighted by atomic mass is 31.2. The number of aromatic hydroxyl groups is 2. The predicted octanol–water partition coefficient (Wildman–Crippen LogP) is 0.151. The van der Waals surface area contributed by atoms with E-state index in [-0.39, 0.29) is 11.4 Å². The first-order valence-corrected chi connectivity index (χ1v) is 5.23. The molecule has 78 valence electrons. The fourth-order valence-corrected chi connectivity index (χ4v) is 1.46. The van der Waals surface area contributed by atoms with E-state index in [0.717, 1.165) is 12.1 Å². The van der Waals surface area contributed by atoms with Crippen LogP contribution in [0.5, 0.6) is 11.5 Å². The van der Waals surface area contributed by atoms with Crippen molar-refractivity contribution in [3.8, 4) is 11.5 Å². The molecule has 7 nitrogen and oxygen atoms in total. The van der Waals surface area contributed by atoms with Gasteiger partial charge in [0, 0.05) is 17.8 Å². The van der Waals surface area contributed by atoms with Gasteiger partial charge >= 0.3 is 7.67 Å². The summed E-state index contributed by atoms with van der Waals surface area (Å²) >= 11 is 0. The number of nitrogens with two attached hydrogens (primary N) is 2. The first-order chi connectivity index (χ1) is 6.29. The van der Waals surface area contributed by atoms with Gasteiger partial charge in [-0.2, -0.15) is 0 Å². The molecule has 0 radical (unpaired) electrons. The van der Waals surface area contributed by atoms with Crippen molar-refractivity contribution < 1.29 is 19.7 Å². The van der Waals surface area contributed by atoms with Crippen LogP contribution in [0.2, 0.25) is 0 Å². The largest absolute Gasteiger partial charge is 0.506 e. The summed E-state index contributed by atoms with van der Waals surface area (Å²) in [4.78, 5) is 8.76. The van der Waals surface area contributed by atoms with Gasteiger partial charge in [-0.25, -0.2) is 10.1 Å². The molecule has 14 heavy (non-hydrogen) atoms. The summed E-state index contributed by atoms with van der Waals surface area (Å²) in [5, 5.41) is 20.4. The van der Waals surface area contributed by atoms with Crippen molar-refractivity contribution in [3.05, 3.63) is 12.1 Å². The van der Waals surface area contributed by atoms with Crippen LogP contribution in [-0.2, 0) is 4.57 Å². The standard InChI is InChI=1S/C6H10N3O4P/c7-3-1-4(10)6(5(11)2-3)9-14(8,12)13/h1-2,10-11H,7H2,(H4,8,9,12,13). The summed E-state index contributed by atoms with van der Waals surface area (Å²) in [5.41, 5.74) is 9.87. The molecular formula is C6H10N3O4P. The molecule has 0 aliphatic carbocycles. The number of phenolic OH excluding ortho intramolecular Hbond substituents is 2. The lowest BCUT2D eigenvalue weighted by molar-refractivity contribution is 0.452. The van der Waals surface area contributed by atoms with Crippen molar-refractivity contribution in [2.45, 2.75) is 0 Å². The van der Waals surface area contributed by atoms with Crippen LogP contribution < -0.4 is 16.3 Å². The van der Waals surface area contributed by atoms with E-state index in [9.17, 15) is 14.8 Å². The van der Waals surface area contributed by atoms with E-state index < -0.39 is 19.2 Å². The minimum Gasteiger partial charge on any atom is -0.506 e. The van der Waals surface area contributed by atoms with Crippen LogP contribution in [0.15, 0.2) is 12.1 Å². The Balaban J connectivity index is 3.15. The first-order valence-electron chi connectivity index (χ1n) is 3.50. The van der Waals surface area contributed by atoms with Crippen LogP contribution in [0.3, 0.4) is 0 Å². The maximum Gasteiger partial charge on any atom is 0.360 e. The fraction of sp³-hybridized carbons (Fsp3) is 0. The number of hydrogen-bond acceptors (Lipinski definition) is 4. The molecule has 0 saturated heterocycles. The summed E-state index contributed by atoms with van der Waals surface area (Å²) in [6, 6.07) is 2.22. The zero-order valence-electron chi connectivity index (χ0n) is 7.01. The summed E-state index contributed by atoms with van der Waals surface area (Å²) in [7, 11) is -4.07. The van der Waals surface area contributed by atoms with Crippen molar-refractivity contribution in [2.24, 2.45) is 5.50 Å². The van der Waals surface area contributed by atoms with Crippen molar-refractivity contribution in [3.63, 3.8) is 0 Å². The normalized spacial score (nSPS) is 14.7. The maximum absolute atomic E-state index is 10.7. The number of hydrogen-bond donors (Lipinski definition) is 6. The van der Waals surface area contributed by atoms with E-state index in [1.165, 1.54) is 0 Å². The minimum atomic E-state index is -4.07. The van der Waals surface area contributed by atoms with Crippen molar-refractivity contribution >= 4 is 19.0 Å². The van der Waals surface area contributed by atoms with Gasteiger partial charge < -0.3 is 20.8 Å². The highest BCUT2D eigenvalue weighted by Gasteiger charge is 2.16. The third kappa shape index (κ3) is 2.53. The first kappa shape index (κ1) is 10.6. The molecule has 1 atom stereocenters. The summed E-state index contributed by atoms with van der Waals surface area (Å²) in [6.07, 6.45) is 0. The second kappa shape index (κ2) is 3.38. The molecule has 1 aromatic rings. The topological polar surface area (TPSA) is 142 Å². The molecule has 0 heterocycles. The number of phenols is 2. The van der Waals surface area contributed by atoms with Gasteiger partial charge in [0.25, 0.3) is 0 Å². The number of anilines is 2. The average Bonchev–Trinajstić information content (AvgIpc) is 1.95. The summed E-state index contributed by atoms with van der Waals surface area (Å²) in [6.45, 7) is 0. The Hall–Kier alpha value is -1.43. The Morgan fingerprint density at radius 3 is 2.07 bits per heavy atom. The molecule has 0 fully saturated rings. The number of nitrogen functional groups attached to an aromatic ring is 1. The maximum atomic E-state index is 10.7. The van der Waals surface area contributed by atoms with Crippen LogP contribution in [0.1, 0.15) is 0 Å². The lowest BCUT2D eigenvalue weighted by atomic mass is 10.2. The molecule has 1 rings (SSSR count). The van der Waals surface area contributed by atoms with Gasteiger partial charge in [0.2, 0.25) is 0 Å². The van der Waals surface area contributed by atoms with E-state index in [2.05, 4.69) is 0 Å². The molecule has 1 unspecified atom stereocenters. The smallest absolute Gasteiger partial charge is 0.360 e. The monoisotopic (exact) mass is 219 g/mol. The lowest BCUT2D eigenvalue weighted by Gasteiger charge is -2.12. The molecular weight excluding hydrogens is 209 g/mol. The van der Waals surface area contributed by atoms with Gasteiger partial charge in [0.05, 0.1) is 0 Å². The van der Waals surface area contributed by atoms with Crippen molar-refractivity contribution in [1.29, 1.82) is 0 Å². The zero-order valence-corrected chi connectivity index (χ0v) is 7.90. The highest BCUT2D eigenvalue weighted by Crippen LogP contribution is 2.42. The van der Waals surface area contributed by atoms with Gasteiger partial charge in [0.1, 0.15) is 17.2 Å². The molecule has 0 amide bonds. The van der Waals surface area contributed by atoms with E-state index >= 15 is 0 Å². The minimum absolute atomic E-state index is 0.121. The van der Waals surface area contributed by atoms with Crippen molar-refractivity contribution in [1.82, 2.24) is 0 Å². The van der Waals surface area contributed by atoms with E-state index in [1.54, 1.807) is 0 Å². The summed E-state index contributed by atoms with van der Waals surface area (Å²) in [5.74, 6) is -0.913. The molecule has 8 heteroatoms. The molecule has 0 spiro atoms. The number of nitrogens with one attached hydrogen (secondary N) is 1. The van der Waals surface area contributed by atoms with Crippen LogP contribution in [0.4, 0.5) is 11.4 Å². The van der Waals surface area contributed by atoms with Gasteiger partial charge in [-0.1, -0.05) is 0 Å². The van der Waals surface area contributed by atoms with Crippen LogP contribution in [-0.4, -0.2) is 15.1 Å². The quantitative estimate of drug-likeness (QED) is 0.236. The number of benzene rings is 1. The van der Waals surface area contributed by atoms with Gasteiger partial charge in [-0.15, -0.1) is 0 Å². The molecule has 0 saturated carbocycles. The Morgan fingerprint density at radius 2 is 1.71 bits per heavy atom. The van der Waals surface area contributed by atoms with Crippen molar-refractivity contribution in [2.75, 3.05) is 10.8 Å². The highest BCUT2D eigenvalue weighted by molar-refractivity contribution is 7.57. The second-order valence-electron chi connectivity index (χ2n) is 2.67. The Bertz CT molecular complexity index is 379. The lowest BCUT2D eigenvalue weighted by Crippen LogP contribution is -2.04. The summed E-state index contributed by atoms with van der Waals surface area (Å²) < 4.78 is 10.7.